The maximum atomic E-state index is 5.96. The first-order valence-electron chi connectivity index (χ1n) is 5.51. The summed E-state index contributed by atoms with van der Waals surface area (Å²) in [5.74, 6) is 0.872. The van der Waals surface area contributed by atoms with Crippen molar-refractivity contribution in [2.45, 2.75) is 0 Å². The topological polar surface area (TPSA) is 82.8 Å². The summed E-state index contributed by atoms with van der Waals surface area (Å²) < 4.78 is 6.88. The number of aromatic nitrogens is 4. The molecule has 1 aromatic carbocycles. The molecule has 3 rings (SSSR count). The molecule has 0 spiro atoms. The van der Waals surface area contributed by atoms with Crippen LogP contribution >= 0.6 is 11.6 Å². The predicted octanol–water partition coefficient (Wildman–Crippen LogP) is 2.37. The van der Waals surface area contributed by atoms with Crippen molar-refractivity contribution in [3.05, 3.63) is 35.6 Å². The Morgan fingerprint density at radius 2 is 2.16 bits per heavy atom. The lowest BCUT2D eigenvalue weighted by Crippen LogP contribution is -1.86. The van der Waals surface area contributed by atoms with Gasteiger partial charge in [-0.25, -0.2) is 0 Å². The van der Waals surface area contributed by atoms with E-state index in [1.165, 1.54) is 0 Å². The third-order valence-electron chi connectivity index (χ3n) is 2.64. The lowest BCUT2D eigenvalue weighted by atomic mass is 10.2. The van der Waals surface area contributed by atoms with Crippen LogP contribution in [0.15, 0.2) is 35.1 Å². The molecule has 0 fully saturated rings. The van der Waals surface area contributed by atoms with Crippen molar-refractivity contribution in [3.63, 3.8) is 0 Å². The average molecular weight is 276 g/mol. The van der Waals surface area contributed by atoms with Crippen molar-refractivity contribution in [2.24, 2.45) is 7.05 Å². The molecule has 7 heteroatoms. The van der Waals surface area contributed by atoms with Crippen LogP contribution in [0.3, 0.4) is 0 Å². The highest BCUT2D eigenvalue weighted by Gasteiger charge is 2.12. The van der Waals surface area contributed by atoms with E-state index < -0.39 is 0 Å². The summed E-state index contributed by atoms with van der Waals surface area (Å²) in [5.41, 5.74) is 7.68. The average Bonchev–Trinajstić information content (AvgIpc) is 3.01. The van der Waals surface area contributed by atoms with E-state index in [2.05, 4.69) is 15.2 Å². The Hall–Kier alpha value is -2.34. The number of anilines is 1. The molecule has 2 heterocycles. The maximum Gasteiger partial charge on any atom is 0.258 e. The van der Waals surface area contributed by atoms with Crippen LogP contribution in [0.4, 0.5) is 5.69 Å². The maximum absolute atomic E-state index is 5.96. The Morgan fingerprint density at radius 1 is 1.32 bits per heavy atom. The van der Waals surface area contributed by atoms with E-state index in [1.807, 2.05) is 13.2 Å². The highest BCUT2D eigenvalue weighted by atomic mass is 35.5. The zero-order chi connectivity index (χ0) is 13.4. The molecule has 0 unspecified atom stereocenters. The molecule has 0 radical (unpaired) electrons. The van der Waals surface area contributed by atoms with Gasteiger partial charge in [-0.3, -0.25) is 4.68 Å². The number of halogens is 1. The SMILES string of the molecule is Cn1cc(-c2noc(-c3ccc(N)c(Cl)c3)n2)cn1. The Balaban J connectivity index is 1.98. The minimum Gasteiger partial charge on any atom is -0.398 e. The molecule has 2 N–H and O–H groups in total. The molecule has 0 bridgehead atoms. The summed E-state index contributed by atoms with van der Waals surface area (Å²) >= 11 is 5.96. The molecular weight excluding hydrogens is 266 g/mol. The van der Waals surface area contributed by atoms with E-state index in [-0.39, 0.29) is 0 Å². The Morgan fingerprint density at radius 3 is 2.84 bits per heavy atom. The summed E-state index contributed by atoms with van der Waals surface area (Å²) in [6.07, 6.45) is 3.48. The van der Waals surface area contributed by atoms with Gasteiger partial charge >= 0.3 is 0 Å². The number of nitrogens with two attached hydrogens (primary N) is 1. The molecule has 0 aliphatic heterocycles. The number of benzene rings is 1. The predicted molar refractivity (Wildman–Crippen MR) is 71.4 cm³/mol. The van der Waals surface area contributed by atoms with Gasteiger partial charge in [-0.15, -0.1) is 0 Å². The number of aryl methyl sites for hydroxylation is 1. The van der Waals surface area contributed by atoms with Crippen LogP contribution in [-0.2, 0) is 7.05 Å². The second kappa shape index (κ2) is 4.40. The van der Waals surface area contributed by atoms with Gasteiger partial charge in [-0.2, -0.15) is 10.1 Å². The molecule has 0 amide bonds. The summed E-state index contributed by atoms with van der Waals surface area (Å²) in [7, 11) is 1.82. The van der Waals surface area contributed by atoms with E-state index in [1.54, 1.807) is 29.1 Å². The third kappa shape index (κ3) is 2.17. The van der Waals surface area contributed by atoms with Crippen molar-refractivity contribution in [1.29, 1.82) is 0 Å². The van der Waals surface area contributed by atoms with E-state index in [0.717, 1.165) is 11.1 Å². The Kier molecular flexibility index (Phi) is 2.72. The molecule has 0 aliphatic rings. The van der Waals surface area contributed by atoms with Gasteiger partial charge in [-0.1, -0.05) is 16.8 Å². The standard InChI is InChI=1S/C12H10ClN5O/c1-18-6-8(5-15-18)11-16-12(19-17-11)7-2-3-10(14)9(13)4-7/h2-6H,14H2,1H3. The van der Waals surface area contributed by atoms with Crippen LogP contribution in [-0.4, -0.2) is 19.9 Å². The van der Waals surface area contributed by atoms with Gasteiger partial charge in [0.05, 0.1) is 22.5 Å². The van der Waals surface area contributed by atoms with Gasteiger partial charge in [0.15, 0.2) is 0 Å². The summed E-state index contributed by atoms with van der Waals surface area (Å²) in [4.78, 5) is 4.30. The fourth-order valence-corrected chi connectivity index (χ4v) is 1.84. The fraction of sp³-hybridized carbons (Fsp3) is 0.0833. The first-order valence-corrected chi connectivity index (χ1v) is 5.89. The van der Waals surface area contributed by atoms with Gasteiger partial charge in [0.25, 0.3) is 5.89 Å². The molecule has 0 atom stereocenters. The fourth-order valence-electron chi connectivity index (χ4n) is 1.65. The lowest BCUT2D eigenvalue weighted by molar-refractivity contribution is 0.432. The minimum atomic E-state index is 0.390. The number of hydrogen-bond acceptors (Lipinski definition) is 5. The second-order valence-corrected chi connectivity index (χ2v) is 4.47. The van der Waals surface area contributed by atoms with Crippen molar-refractivity contribution < 1.29 is 4.52 Å². The van der Waals surface area contributed by atoms with Crippen molar-refractivity contribution in [1.82, 2.24) is 19.9 Å². The second-order valence-electron chi connectivity index (χ2n) is 4.06. The molecule has 0 aliphatic carbocycles. The highest BCUT2D eigenvalue weighted by Crippen LogP contribution is 2.27. The normalized spacial score (nSPS) is 10.8. The van der Waals surface area contributed by atoms with Crippen LogP contribution in [0.1, 0.15) is 0 Å². The molecule has 2 aromatic heterocycles. The zero-order valence-electron chi connectivity index (χ0n) is 10.0. The van der Waals surface area contributed by atoms with Crippen LogP contribution < -0.4 is 5.73 Å². The van der Waals surface area contributed by atoms with Crippen molar-refractivity contribution in [3.8, 4) is 22.8 Å². The van der Waals surface area contributed by atoms with Crippen LogP contribution in [0.5, 0.6) is 0 Å². The third-order valence-corrected chi connectivity index (χ3v) is 2.96. The van der Waals surface area contributed by atoms with Gasteiger partial charge in [0.2, 0.25) is 5.82 Å². The first kappa shape index (κ1) is 11.7. The summed E-state index contributed by atoms with van der Waals surface area (Å²) in [5, 5.41) is 8.43. The number of nitrogen functional groups attached to an aromatic ring is 1. The molecule has 0 saturated heterocycles. The molecule has 0 saturated carbocycles. The Bertz CT molecular complexity index is 733. The van der Waals surface area contributed by atoms with Gasteiger partial charge < -0.3 is 10.3 Å². The number of hydrogen-bond donors (Lipinski definition) is 1. The van der Waals surface area contributed by atoms with Gasteiger partial charge in [-0.05, 0) is 18.2 Å². The Labute approximate surface area is 113 Å². The molecule has 19 heavy (non-hydrogen) atoms. The van der Waals surface area contributed by atoms with E-state index >= 15 is 0 Å². The molecule has 3 aromatic rings. The molecule has 96 valence electrons. The molecular formula is C12H10ClN5O. The smallest absolute Gasteiger partial charge is 0.258 e. The van der Waals surface area contributed by atoms with E-state index in [9.17, 15) is 0 Å². The monoisotopic (exact) mass is 275 g/mol. The summed E-state index contributed by atoms with van der Waals surface area (Å²) in [6, 6.07) is 5.17. The number of nitrogens with zero attached hydrogens (tertiary/aromatic N) is 4. The minimum absolute atomic E-state index is 0.390. The lowest BCUT2D eigenvalue weighted by Gasteiger charge is -1.98. The van der Waals surface area contributed by atoms with Crippen molar-refractivity contribution in [2.75, 3.05) is 5.73 Å². The molecule has 6 nitrogen and oxygen atoms in total. The van der Waals surface area contributed by atoms with Gasteiger partial charge in [0.1, 0.15) is 0 Å². The summed E-state index contributed by atoms with van der Waals surface area (Å²) in [6.45, 7) is 0. The first-order chi connectivity index (χ1) is 9.13. The van der Waals surface area contributed by atoms with Crippen molar-refractivity contribution >= 4 is 17.3 Å². The quantitative estimate of drug-likeness (QED) is 0.726. The van der Waals surface area contributed by atoms with E-state index in [0.29, 0.717) is 22.4 Å². The van der Waals surface area contributed by atoms with E-state index in [4.69, 9.17) is 21.9 Å². The van der Waals surface area contributed by atoms with Crippen LogP contribution in [0.25, 0.3) is 22.8 Å². The number of rotatable bonds is 2. The van der Waals surface area contributed by atoms with Crippen LogP contribution in [0.2, 0.25) is 5.02 Å². The zero-order valence-corrected chi connectivity index (χ0v) is 10.8. The largest absolute Gasteiger partial charge is 0.398 e. The van der Waals surface area contributed by atoms with Gasteiger partial charge in [0, 0.05) is 18.8 Å². The highest BCUT2D eigenvalue weighted by molar-refractivity contribution is 6.33. The van der Waals surface area contributed by atoms with Crippen LogP contribution in [0, 0.1) is 0 Å².